The number of carboxylic acids is 1. The highest BCUT2D eigenvalue weighted by atomic mass is 16.5. The van der Waals surface area contributed by atoms with Crippen LogP contribution < -0.4 is 5.32 Å². The maximum atomic E-state index is 11.2. The number of nitrogens with one attached hydrogen (secondary N) is 1. The first-order chi connectivity index (χ1) is 7.97. The van der Waals surface area contributed by atoms with Crippen molar-refractivity contribution in [2.75, 3.05) is 6.61 Å². The Kier molecular flexibility index (Phi) is 7.10. The second kappa shape index (κ2) is 8.10. The number of rotatable bonds is 7. The van der Waals surface area contributed by atoms with E-state index in [2.05, 4.69) is 10.1 Å². The lowest BCUT2D eigenvalue weighted by Crippen LogP contribution is -2.42. The highest BCUT2D eigenvalue weighted by molar-refractivity contribution is 5.85. The summed E-state index contributed by atoms with van der Waals surface area (Å²) in [5.41, 5.74) is 0. The van der Waals surface area contributed by atoms with E-state index in [1.807, 2.05) is 6.07 Å². The van der Waals surface area contributed by atoms with Crippen molar-refractivity contribution in [2.24, 2.45) is 0 Å². The summed E-state index contributed by atoms with van der Waals surface area (Å²) >= 11 is 0. The summed E-state index contributed by atoms with van der Waals surface area (Å²) in [5, 5.41) is 19.3. The topological polar surface area (TPSA) is 116 Å². The minimum absolute atomic E-state index is 0.161. The number of carbonyl (C=O) groups is 3. The van der Waals surface area contributed by atoms with Crippen LogP contribution in [-0.2, 0) is 19.1 Å². The van der Waals surface area contributed by atoms with Gasteiger partial charge in [0.25, 0.3) is 5.91 Å². The van der Waals surface area contributed by atoms with Gasteiger partial charge in [0.15, 0.2) is 6.61 Å². The molecule has 0 aromatic heterocycles. The number of carbonyl (C=O) groups excluding carboxylic acids is 2. The molecule has 0 unspecified atom stereocenters. The molecule has 0 fully saturated rings. The van der Waals surface area contributed by atoms with E-state index >= 15 is 0 Å². The Morgan fingerprint density at radius 2 is 2.12 bits per heavy atom. The van der Waals surface area contributed by atoms with Crippen LogP contribution in [0.5, 0.6) is 0 Å². The van der Waals surface area contributed by atoms with Crippen molar-refractivity contribution in [3.8, 4) is 6.07 Å². The highest BCUT2D eigenvalue weighted by Crippen LogP contribution is 2.00. The molecule has 0 radical (unpaired) electrons. The first-order valence-electron chi connectivity index (χ1n) is 5.00. The van der Waals surface area contributed by atoms with Gasteiger partial charge in [-0.15, -0.1) is 0 Å². The van der Waals surface area contributed by atoms with Gasteiger partial charge in [0.05, 0.1) is 6.07 Å². The van der Waals surface area contributed by atoms with Gasteiger partial charge >= 0.3 is 11.9 Å². The second-order valence-electron chi connectivity index (χ2n) is 3.29. The lowest BCUT2D eigenvalue weighted by molar-refractivity contribution is -0.148. The zero-order valence-corrected chi connectivity index (χ0v) is 9.43. The summed E-state index contributed by atoms with van der Waals surface area (Å²) in [6.07, 6.45) is 0.764. The molecular weight excluding hydrogens is 228 g/mol. The molecule has 1 atom stereocenters. The minimum atomic E-state index is -1.18. The molecule has 0 spiro atoms. The van der Waals surface area contributed by atoms with Crippen LogP contribution in [0.2, 0.25) is 0 Å². The lowest BCUT2D eigenvalue weighted by Gasteiger charge is -2.13. The van der Waals surface area contributed by atoms with Crippen LogP contribution >= 0.6 is 0 Å². The Morgan fingerprint density at radius 3 is 2.59 bits per heavy atom. The summed E-state index contributed by atoms with van der Waals surface area (Å²) < 4.78 is 4.41. The average molecular weight is 242 g/mol. The maximum Gasteiger partial charge on any atom is 0.326 e. The van der Waals surface area contributed by atoms with Gasteiger partial charge in [0.2, 0.25) is 0 Å². The molecule has 7 nitrogen and oxygen atoms in total. The number of amides is 1. The van der Waals surface area contributed by atoms with Gasteiger partial charge in [-0.1, -0.05) is 0 Å². The highest BCUT2D eigenvalue weighted by Gasteiger charge is 2.19. The van der Waals surface area contributed by atoms with Gasteiger partial charge in [-0.3, -0.25) is 9.59 Å². The van der Waals surface area contributed by atoms with E-state index in [0.717, 1.165) is 6.92 Å². The molecule has 2 N–H and O–H groups in total. The molecule has 7 heteroatoms. The number of nitriles is 1. The third-order valence-corrected chi connectivity index (χ3v) is 1.82. The van der Waals surface area contributed by atoms with E-state index in [4.69, 9.17) is 10.4 Å². The summed E-state index contributed by atoms with van der Waals surface area (Å²) in [6, 6.07) is 0.817. The van der Waals surface area contributed by atoms with Crippen molar-refractivity contribution in [3.05, 3.63) is 0 Å². The Morgan fingerprint density at radius 1 is 1.47 bits per heavy atom. The number of hydrogen-bond donors (Lipinski definition) is 2. The SMILES string of the molecule is CC(=O)OCC(=O)N[C@H](CCCC#N)C(=O)O. The molecule has 0 bridgehead atoms. The predicted octanol–water partition coefficient (Wildman–Crippen LogP) is -0.187. The Bertz CT molecular complexity index is 334. The van der Waals surface area contributed by atoms with Gasteiger partial charge in [-0.2, -0.15) is 5.26 Å². The molecule has 0 rings (SSSR count). The fourth-order valence-electron chi connectivity index (χ4n) is 1.05. The van der Waals surface area contributed by atoms with Crippen LogP contribution in [0.4, 0.5) is 0 Å². The maximum absolute atomic E-state index is 11.2. The average Bonchev–Trinajstić information content (AvgIpc) is 2.25. The van der Waals surface area contributed by atoms with E-state index in [0.29, 0.717) is 6.42 Å². The van der Waals surface area contributed by atoms with Gasteiger partial charge in [0.1, 0.15) is 6.04 Å². The molecule has 94 valence electrons. The predicted molar refractivity (Wildman–Crippen MR) is 55.7 cm³/mol. The van der Waals surface area contributed by atoms with Gasteiger partial charge in [-0.05, 0) is 12.8 Å². The molecule has 0 aromatic carbocycles. The summed E-state index contributed by atoms with van der Waals surface area (Å²) in [4.78, 5) is 32.4. The first kappa shape index (κ1) is 14.9. The number of unbranched alkanes of at least 4 members (excludes halogenated alkanes) is 1. The minimum Gasteiger partial charge on any atom is -0.480 e. The third-order valence-electron chi connectivity index (χ3n) is 1.82. The smallest absolute Gasteiger partial charge is 0.326 e. The van der Waals surface area contributed by atoms with Crippen LogP contribution in [-0.4, -0.2) is 35.6 Å². The molecule has 0 heterocycles. The molecular formula is C10H14N2O5. The zero-order valence-electron chi connectivity index (χ0n) is 9.43. The van der Waals surface area contributed by atoms with Crippen molar-refractivity contribution in [2.45, 2.75) is 32.2 Å². The monoisotopic (exact) mass is 242 g/mol. The standard InChI is InChI=1S/C10H14N2O5/c1-7(13)17-6-9(14)12-8(10(15)16)4-2-3-5-11/h8H,2-4,6H2,1H3,(H,12,14)(H,15,16)/t8-/m1/s1. The Balaban J connectivity index is 4.07. The second-order valence-corrected chi connectivity index (χ2v) is 3.29. The third kappa shape index (κ3) is 7.79. The number of nitrogens with zero attached hydrogens (tertiary/aromatic N) is 1. The van der Waals surface area contributed by atoms with Gasteiger partial charge < -0.3 is 15.2 Å². The van der Waals surface area contributed by atoms with E-state index in [1.165, 1.54) is 0 Å². The fraction of sp³-hybridized carbons (Fsp3) is 0.600. The number of ether oxygens (including phenoxy) is 1. The molecule has 0 aliphatic rings. The normalized spacial score (nSPS) is 11.1. The van der Waals surface area contributed by atoms with Crippen LogP contribution in [0.1, 0.15) is 26.2 Å². The largest absolute Gasteiger partial charge is 0.480 e. The molecule has 17 heavy (non-hydrogen) atoms. The van der Waals surface area contributed by atoms with E-state index < -0.39 is 30.5 Å². The summed E-state index contributed by atoms with van der Waals surface area (Å²) in [6.45, 7) is 0.645. The molecule has 0 saturated heterocycles. The Hall–Kier alpha value is -2.10. The van der Waals surface area contributed by atoms with Crippen molar-refractivity contribution < 1.29 is 24.2 Å². The first-order valence-corrected chi connectivity index (χ1v) is 5.00. The number of esters is 1. The number of carboxylic acid groups (broad SMARTS) is 1. The van der Waals surface area contributed by atoms with Crippen molar-refractivity contribution in [3.63, 3.8) is 0 Å². The summed E-state index contributed by atoms with van der Waals surface area (Å²) in [5.74, 6) is -2.47. The van der Waals surface area contributed by atoms with Crippen molar-refractivity contribution in [1.29, 1.82) is 5.26 Å². The Labute approximate surface area is 98.4 Å². The van der Waals surface area contributed by atoms with Gasteiger partial charge in [0, 0.05) is 13.3 Å². The van der Waals surface area contributed by atoms with Crippen LogP contribution in [0, 0.1) is 11.3 Å². The molecule has 0 saturated carbocycles. The molecule has 0 aliphatic heterocycles. The van der Waals surface area contributed by atoms with E-state index in [-0.39, 0.29) is 12.8 Å². The van der Waals surface area contributed by atoms with Gasteiger partial charge in [-0.25, -0.2) is 4.79 Å². The van der Waals surface area contributed by atoms with Crippen molar-refractivity contribution in [1.82, 2.24) is 5.32 Å². The molecule has 0 aromatic rings. The van der Waals surface area contributed by atoms with Crippen LogP contribution in [0.25, 0.3) is 0 Å². The number of hydrogen-bond acceptors (Lipinski definition) is 5. The lowest BCUT2D eigenvalue weighted by atomic mass is 10.1. The van der Waals surface area contributed by atoms with Crippen molar-refractivity contribution >= 4 is 17.8 Å². The van der Waals surface area contributed by atoms with E-state index in [1.54, 1.807) is 0 Å². The molecule has 0 aliphatic carbocycles. The zero-order chi connectivity index (χ0) is 13.3. The number of aliphatic carboxylic acids is 1. The molecule has 1 amide bonds. The fourth-order valence-corrected chi connectivity index (χ4v) is 1.05. The quantitative estimate of drug-likeness (QED) is 0.472. The summed E-state index contributed by atoms with van der Waals surface area (Å²) in [7, 11) is 0. The van der Waals surface area contributed by atoms with Crippen LogP contribution in [0.3, 0.4) is 0 Å². The van der Waals surface area contributed by atoms with E-state index in [9.17, 15) is 14.4 Å². The van der Waals surface area contributed by atoms with Crippen LogP contribution in [0.15, 0.2) is 0 Å².